The van der Waals surface area contributed by atoms with E-state index in [4.69, 9.17) is 53.5 Å². The Hall–Kier alpha value is -9.64. The lowest BCUT2D eigenvalue weighted by atomic mass is 9.91. The first-order valence-electron chi connectivity index (χ1n) is 36.4. The van der Waals surface area contributed by atoms with Crippen LogP contribution in [-0.4, -0.2) is 183 Å². The van der Waals surface area contributed by atoms with Crippen molar-refractivity contribution in [2.24, 2.45) is 22.7 Å². The minimum absolute atomic E-state index is 0.0482. The number of alkyl halides is 4. The van der Waals surface area contributed by atoms with Gasteiger partial charge < -0.3 is 58.7 Å². The van der Waals surface area contributed by atoms with Crippen molar-refractivity contribution in [2.75, 3.05) is 52.7 Å². The Balaban J connectivity index is 0.000000200. The second kappa shape index (κ2) is 33.7. The number of aliphatic hydroxyl groups excluding tert-OH is 1. The minimum Gasteiger partial charge on any atom is -0.487 e. The number of alkyl carbamates (subject to hydrolysis) is 2. The number of hydrogen-bond acceptors (Lipinski definition) is 20. The van der Waals surface area contributed by atoms with Crippen LogP contribution in [0, 0.1) is 22.7 Å². The number of aromatic nitrogens is 4. The lowest BCUT2D eigenvalue weighted by Crippen LogP contribution is -2.52. The van der Waals surface area contributed by atoms with Gasteiger partial charge >= 0.3 is 36.0 Å². The van der Waals surface area contributed by atoms with Crippen molar-refractivity contribution < 1.29 is 94.2 Å². The summed E-state index contributed by atoms with van der Waals surface area (Å²) in [6, 6.07) is 23.9. The topological polar surface area (TPSA) is 303 Å². The smallest absolute Gasteiger partial charge is 0.408 e. The van der Waals surface area contributed by atoms with Gasteiger partial charge in [0.05, 0.1) is 71.3 Å². The Morgan fingerprint density at radius 2 is 1.23 bits per heavy atom. The number of nitrogens with zero attached hydrogens (tertiary/aromatic N) is 6. The van der Waals surface area contributed by atoms with Gasteiger partial charge in [0.15, 0.2) is 31.4 Å². The van der Waals surface area contributed by atoms with Gasteiger partial charge in [-0.3, -0.25) is 28.8 Å². The van der Waals surface area contributed by atoms with E-state index < -0.39 is 121 Å². The van der Waals surface area contributed by atoms with Crippen LogP contribution in [0.15, 0.2) is 126 Å². The molecule has 29 heteroatoms. The highest BCUT2D eigenvalue weighted by Gasteiger charge is 2.63. The molecule has 107 heavy (non-hydrogen) atoms. The van der Waals surface area contributed by atoms with E-state index in [1.165, 1.54) is 21.9 Å². The van der Waals surface area contributed by atoms with Crippen LogP contribution in [-0.2, 0) is 47.7 Å². The first kappa shape index (κ1) is 77.0. The largest absolute Gasteiger partial charge is 0.487 e. The van der Waals surface area contributed by atoms with E-state index in [-0.39, 0.29) is 106 Å². The number of halogens is 5. The SMILES string of the molecule is CCOC(=O)[C@]12CC(=O)[C@@H]3C[C@@H](Oc4nc5ccccc5nc4-c4cccc(Br)c4)CN3C(=O)[C@@H](NC(=O)OCC(F)(F)CO)CCCCC/C=C\[C@@H]1C2.CCOC(=O)[C@]12CC(=O)[C@@H]3C[C@@H]4CN3C(=O)[C@H](CCCCC/C=C\[C@@H]1C2)NC(=O)OCC(F)(F)COc1cccc(c1)-c1nc2ccccc2nc1O4. The number of fused-ring (bicyclic) bond motifs is 11. The fourth-order valence-electron chi connectivity index (χ4n) is 14.7. The summed E-state index contributed by atoms with van der Waals surface area (Å²) in [5.41, 5.74) is 2.16. The molecule has 3 N–H and O–H groups in total. The van der Waals surface area contributed by atoms with E-state index in [1.54, 1.807) is 50.2 Å². The highest BCUT2D eigenvalue weighted by atomic mass is 79.9. The average Bonchev–Trinajstić information content (AvgIpc) is 1.59. The number of benzene rings is 4. The monoisotopic (exact) mass is 1540 g/mol. The Morgan fingerprint density at radius 3 is 1.86 bits per heavy atom. The predicted molar refractivity (Wildman–Crippen MR) is 384 cm³/mol. The van der Waals surface area contributed by atoms with Crippen molar-refractivity contribution in [3.8, 4) is 40.0 Å². The molecule has 5 aliphatic heterocycles. The molecular weight excluding hydrogens is 1460 g/mol. The van der Waals surface area contributed by atoms with Crippen molar-refractivity contribution in [1.82, 2.24) is 40.4 Å². The van der Waals surface area contributed by atoms with Crippen LogP contribution < -0.4 is 24.8 Å². The molecule has 4 fully saturated rings. The van der Waals surface area contributed by atoms with Crippen LogP contribution in [0.1, 0.15) is 117 Å². The summed E-state index contributed by atoms with van der Waals surface area (Å²) in [5, 5.41) is 13.8. The number of carbonyl (C=O) groups is 8. The molecule has 0 spiro atoms. The van der Waals surface area contributed by atoms with Gasteiger partial charge in [0.1, 0.15) is 48.0 Å². The van der Waals surface area contributed by atoms with Gasteiger partial charge in [0, 0.05) is 41.3 Å². The van der Waals surface area contributed by atoms with Gasteiger partial charge in [0.25, 0.3) is 0 Å². The van der Waals surface area contributed by atoms with Crippen LogP contribution >= 0.6 is 15.9 Å². The number of ether oxygens (including phenoxy) is 7. The maximum Gasteiger partial charge on any atom is 0.408 e. The summed E-state index contributed by atoms with van der Waals surface area (Å²) in [7, 11) is 0. The van der Waals surface area contributed by atoms with Crippen molar-refractivity contribution in [1.29, 1.82) is 0 Å². The third kappa shape index (κ3) is 18.5. The highest BCUT2D eigenvalue weighted by molar-refractivity contribution is 9.10. The number of cyclic esters (lactones) is 1. The second-order valence-corrected chi connectivity index (χ2v) is 29.1. The maximum absolute atomic E-state index is 15.0. The molecule has 568 valence electrons. The Bertz CT molecular complexity index is 4380. The van der Waals surface area contributed by atoms with Crippen molar-refractivity contribution >= 4 is 85.5 Å². The number of amides is 4. The molecule has 2 saturated carbocycles. The quantitative estimate of drug-likeness (QED) is 0.0470. The van der Waals surface area contributed by atoms with E-state index in [9.17, 15) is 55.9 Å². The van der Waals surface area contributed by atoms with Gasteiger partial charge in [-0.25, -0.2) is 38.3 Å². The van der Waals surface area contributed by atoms with Crippen molar-refractivity contribution in [3.05, 3.63) is 126 Å². The normalized spacial score (nSPS) is 26.9. The van der Waals surface area contributed by atoms with Gasteiger partial charge in [-0.2, -0.15) is 8.78 Å². The lowest BCUT2D eigenvalue weighted by molar-refractivity contribution is -0.153. The molecular formula is C78H85BrF4N8O16. The average molecular weight is 1550 g/mol. The molecule has 7 heterocycles. The third-order valence-electron chi connectivity index (χ3n) is 20.4. The van der Waals surface area contributed by atoms with E-state index in [0.717, 1.165) is 29.3 Å². The zero-order chi connectivity index (χ0) is 75.6. The molecule has 0 unspecified atom stereocenters. The molecule has 2 aliphatic carbocycles. The highest BCUT2D eigenvalue weighted by Crippen LogP contribution is 2.59. The van der Waals surface area contributed by atoms with Crippen LogP contribution in [0.3, 0.4) is 0 Å². The van der Waals surface area contributed by atoms with Crippen LogP contribution in [0.2, 0.25) is 0 Å². The summed E-state index contributed by atoms with van der Waals surface area (Å²) in [5.74, 6) is -9.98. The first-order chi connectivity index (χ1) is 51.5. The molecule has 7 aliphatic rings. The molecule has 13 rings (SSSR count). The van der Waals surface area contributed by atoms with Gasteiger partial charge in [0.2, 0.25) is 23.6 Å². The number of nitrogens with one attached hydrogen (secondary N) is 2. The molecule has 2 saturated heterocycles. The summed E-state index contributed by atoms with van der Waals surface area (Å²) in [6.45, 7) is -1.66. The second-order valence-electron chi connectivity index (χ2n) is 28.2. The Labute approximate surface area is 623 Å². The van der Waals surface area contributed by atoms with E-state index in [2.05, 4.69) is 31.3 Å². The molecule has 2 aromatic heterocycles. The van der Waals surface area contributed by atoms with Crippen molar-refractivity contribution in [2.45, 2.75) is 165 Å². The number of allylic oxidation sites excluding steroid dienone is 4. The number of ketones is 2. The number of aliphatic hydroxyl groups is 1. The van der Waals surface area contributed by atoms with Gasteiger partial charge in [-0.05, 0) is 126 Å². The number of rotatable bonds is 11. The van der Waals surface area contributed by atoms with E-state index in [1.807, 2.05) is 72.8 Å². The summed E-state index contributed by atoms with van der Waals surface area (Å²) in [6.07, 6.45) is 10.5. The molecule has 4 amide bonds. The fraction of sp³-hybridized carbons (Fsp3) is 0.487. The third-order valence-corrected chi connectivity index (χ3v) is 20.9. The van der Waals surface area contributed by atoms with Crippen LogP contribution in [0.25, 0.3) is 44.6 Å². The molecule has 10 atom stereocenters. The molecule has 4 aromatic carbocycles. The summed E-state index contributed by atoms with van der Waals surface area (Å²) in [4.78, 5) is 132. The fourth-order valence-corrected chi connectivity index (χ4v) is 15.1. The number of para-hydroxylation sites is 4. The Kier molecular flexibility index (Phi) is 24.2. The number of esters is 2. The molecule has 24 nitrogen and oxygen atoms in total. The standard InChI is InChI=1S/C39H43BrF2N4O8.C39H42F2N4O8/c1-2-52-36(50)38-19-25(38)12-6-4-3-5-7-16-30(45-37(51)53-23-39(41,42)22-47)35(49)46-21-27(18-31(46)32(48)20-38)54-34-33(24-11-10-13-26(40)17-24)43-28-14-8-9-15-29(28)44-34;1-2-50-36(48)38-19-25(38)12-6-4-3-5-7-16-30-35(47)45-21-27(18-31(45)32(46)20-38)53-34-33(42-28-14-8-9-15-29(28)43-34)24-11-10-13-26(17-24)51-22-39(40,41)23-52-37(49)44-30/h6,8-15,17,25,27,30-31,47H,2-5,7,16,18-23H2,1H3,(H,45,51);6,8-15,17,25,27,30-31H,2-5,7,16,18-23H2,1H3,(H,44,49)/b2*12-6-/t2*25-,27-,30+,31+,38-/m11/s1. The number of carbonyl (C=O) groups excluding carboxylic acids is 8. The summed E-state index contributed by atoms with van der Waals surface area (Å²) >= 11 is 3.51. The van der Waals surface area contributed by atoms with E-state index >= 15 is 0 Å². The molecule has 5 bridgehead atoms. The summed E-state index contributed by atoms with van der Waals surface area (Å²) < 4.78 is 97.2. The maximum atomic E-state index is 15.0. The van der Waals surface area contributed by atoms with Crippen molar-refractivity contribution in [3.63, 3.8) is 0 Å². The zero-order valence-corrected chi connectivity index (χ0v) is 60.9. The van der Waals surface area contributed by atoms with Gasteiger partial charge in [-0.1, -0.05) is 114 Å². The first-order valence-corrected chi connectivity index (χ1v) is 37.2. The van der Waals surface area contributed by atoms with Gasteiger partial charge in [-0.15, -0.1) is 0 Å². The molecule has 6 aromatic rings. The van der Waals surface area contributed by atoms with Crippen LogP contribution in [0.4, 0.5) is 27.2 Å². The predicted octanol–water partition coefficient (Wildman–Crippen LogP) is 12.0. The van der Waals surface area contributed by atoms with Crippen LogP contribution in [0.5, 0.6) is 17.5 Å². The minimum atomic E-state index is -3.66. The number of hydrogen-bond donors (Lipinski definition) is 3. The Morgan fingerprint density at radius 1 is 0.664 bits per heavy atom. The zero-order valence-electron chi connectivity index (χ0n) is 59.3. The number of Topliss-reactive ketones (excluding diaryl/α,β-unsaturated/α-hetero) is 2. The lowest BCUT2D eigenvalue weighted by Gasteiger charge is -2.29. The van der Waals surface area contributed by atoms with E-state index in [0.29, 0.717) is 84.0 Å². The molecule has 0 radical (unpaired) electrons.